The number of rotatable bonds is 2. The van der Waals surface area contributed by atoms with Crippen LogP contribution in [0, 0.1) is 6.92 Å². The third kappa shape index (κ3) is 3.08. The van der Waals surface area contributed by atoms with Gasteiger partial charge in [0.2, 0.25) is 0 Å². The van der Waals surface area contributed by atoms with Gasteiger partial charge in [0, 0.05) is 21.3 Å². The first-order valence-electron chi connectivity index (χ1n) is 5.54. The SMILES string of the molecule is Cc1c(O)cccc1NC(=O)c1ccc(Br)c(Cl)c1. The van der Waals surface area contributed by atoms with Crippen LogP contribution in [0.15, 0.2) is 40.9 Å². The molecule has 2 N–H and O–H groups in total. The normalized spacial score (nSPS) is 10.3. The maximum absolute atomic E-state index is 12.1. The fourth-order valence-corrected chi connectivity index (χ4v) is 2.02. The summed E-state index contributed by atoms with van der Waals surface area (Å²) in [5, 5.41) is 12.8. The van der Waals surface area contributed by atoms with Crippen LogP contribution in [0.5, 0.6) is 5.75 Å². The van der Waals surface area contributed by atoms with Gasteiger partial charge >= 0.3 is 0 Å². The van der Waals surface area contributed by atoms with Crippen molar-refractivity contribution in [1.29, 1.82) is 0 Å². The molecule has 0 aliphatic carbocycles. The second kappa shape index (κ2) is 5.63. The molecule has 2 rings (SSSR count). The van der Waals surface area contributed by atoms with Crippen LogP contribution < -0.4 is 5.32 Å². The van der Waals surface area contributed by atoms with Gasteiger partial charge in [-0.15, -0.1) is 0 Å². The van der Waals surface area contributed by atoms with Crippen LogP contribution in [0.4, 0.5) is 5.69 Å². The van der Waals surface area contributed by atoms with Crippen molar-refractivity contribution in [2.75, 3.05) is 5.32 Å². The maximum Gasteiger partial charge on any atom is 0.255 e. The van der Waals surface area contributed by atoms with Crippen LogP contribution in [0.25, 0.3) is 0 Å². The van der Waals surface area contributed by atoms with Gasteiger partial charge in [-0.3, -0.25) is 4.79 Å². The zero-order valence-electron chi connectivity index (χ0n) is 10.1. The van der Waals surface area contributed by atoms with E-state index in [2.05, 4.69) is 21.2 Å². The number of phenols is 1. The van der Waals surface area contributed by atoms with Crippen molar-refractivity contribution in [2.45, 2.75) is 6.92 Å². The van der Waals surface area contributed by atoms with Crippen LogP contribution in [-0.4, -0.2) is 11.0 Å². The van der Waals surface area contributed by atoms with Crippen molar-refractivity contribution >= 4 is 39.1 Å². The molecule has 2 aromatic carbocycles. The molecule has 0 fully saturated rings. The van der Waals surface area contributed by atoms with Gasteiger partial charge in [-0.2, -0.15) is 0 Å². The quantitative estimate of drug-likeness (QED) is 0.853. The molecule has 2 aromatic rings. The van der Waals surface area contributed by atoms with Gasteiger partial charge in [0.05, 0.1) is 5.02 Å². The third-order valence-electron chi connectivity index (χ3n) is 2.74. The molecule has 5 heteroatoms. The first-order valence-corrected chi connectivity index (χ1v) is 6.71. The minimum Gasteiger partial charge on any atom is -0.508 e. The molecule has 0 bridgehead atoms. The number of phenolic OH excluding ortho intramolecular Hbond substituents is 1. The van der Waals surface area contributed by atoms with Crippen LogP contribution >= 0.6 is 27.5 Å². The van der Waals surface area contributed by atoms with E-state index in [1.807, 2.05) is 0 Å². The van der Waals surface area contributed by atoms with Crippen molar-refractivity contribution in [3.63, 3.8) is 0 Å². The summed E-state index contributed by atoms with van der Waals surface area (Å²) >= 11 is 9.22. The molecule has 0 unspecified atom stereocenters. The summed E-state index contributed by atoms with van der Waals surface area (Å²) in [4.78, 5) is 12.1. The summed E-state index contributed by atoms with van der Waals surface area (Å²) < 4.78 is 0.735. The zero-order chi connectivity index (χ0) is 14.0. The van der Waals surface area contributed by atoms with E-state index in [4.69, 9.17) is 11.6 Å². The second-order valence-electron chi connectivity index (χ2n) is 4.03. The maximum atomic E-state index is 12.1. The first kappa shape index (κ1) is 13.9. The van der Waals surface area contributed by atoms with Gasteiger partial charge in [-0.1, -0.05) is 17.7 Å². The molecule has 3 nitrogen and oxygen atoms in total. The van der Waals surface area contributed by atoms with E-state index in [9.17, 15) is 9.90 Å². The average Bonchev–Trinajstić information content (AvgIpc) is 2.38. The Morgan fingerprint density at radius 3 is 2.74 bits per heavy atom. The van der Waals surface area contributed by atoms with E-state index in [0.29, 0.717) is 21.8 Å². The van der Waals surface area contributed by atoms with Crippen LogP contribution in [0.2, 0.25) is 5.02 Å². The van der Waals surface area contributed by atoms with E-state index in [1.165, 1.54) is 0 Å². The number of carbonyl (C=O) groups is 1. The minimum atomic E-state index is -0.275. The molecule has 0 heterocycles. The molecule has 0 aliphatic rings. The fourth-order valence-electron chi connectivity index (χ4n) is 1.59. The van der Waals surface area contributed by atoms with Crippen LogP contribution in [0.3, 0.4) is 0 Å². The molecule has 0 saturated carbocycles. The summed E-state index contributed by atoms with van der Waals surface area (Å²) in [6.45, 7) is 1.74. The van der Waals surface area contributed by atoms with Gasteiger partial charge in [0.25, 0.3) is 5.91 Å². The predicted molar refractivity (Wildman–Crippen MR) is 79.9 cm³/mol. The lowest BCUT2D eigenvalue weighted by Crippen LogP contribution is -2.12. The molecule has 0 spiro atoms. The molecule has 0 saturated heterocycles. The smallest absolute Gasteiger partial charge is 0.255 e. The number of benzene rings is 2. The van der Waals surface area contributed by atoms with Crippen LogP contribution in [0.1, 0.15) is 15.9 Å². The van der Waals surface area contributed by atoms with Gasteiger partial charge in [0.15, 0.2) is 0 Å². The third-order valence-corrected chi connectivity index (χ3v) is 3.97. The largest absolute Gasteiger partial charge is 0.508 e. The lowest BCUT2D eigenvalue weighted by Gasteiger charge is -2.10. The van der Waals surface area contributed by atoms with Crippen molar-refractivity contribution in [3.05, 3.63) is 57.0 Å². The monoisotopic (exact) mass is 339 g/mol. The number of halogens is 2. The second-order valence-corrected chi connectivity index (χ2v) is 5.29. The van der Waals surface area contributed by atoms with E-state index in [0.717, 1.165) is 4.47 Å². The number of aromatic hydroxyl groups is 1. The Balaban J connectivity index is 2.26. The van der Waals surface area contributed by atoms with Crippen molar-refractivity contribution in [3.8, 4) is 5.75 Å². The summed E-state index contributed by atoms with van der Waals surface area (Å²) in [7, 11) is 0. The van der Waals surface area contributed by atoms with E-state index in [-0.39, 0.29) is 11.7 Å². The molecule has 0 atom stereocenters. The molecular weight excluding hydrogens is 330 g/mol. The number of hydrogen-bond donors (Lipinski definition) is 2. The fraction of sp³-hybridized carbons (Fsp3) is 0.0714. The first-order chi connectivity index (χ1) is 8.99. The molecule has 98 valence electrons. The standard InChI is InChI=1S/C14H11BrClNO2/c1-8-12(3-2-4-13(8)18)17-14(19)9-5-6-10(15)11(16)7-9/h2-7,18H,1H3,(H,17,19). The average molecular weight is 341 g/mol. The van der Waals surface area contributed by atoms with Gasteiger partial charge in [-0.05, 0) is 53.2 Å². The molecule has 19 heavy (non-hydrogen) atoms. The lowest BCUT2D eigenvalue weighted by molar-refractivity contribution is 0.102. The lowest BCUT2D eigenvalue weighted by atomic mass is 10.1. The highest BCUT2D eigenvalue weighted by Gasteiger charge is 2.10. The Labute approximate surface area is 124 Å². The van der Waals surface area contributed by atoms with Crippen molar-refractivity contribution in [2.24, 2.45) is 0 Å². The summed E-state index contributed by atoms with van der Waals surface area (Å²) in [6.07, 6.45) is 0. The number of hydrogen-bond acceptors (Lipinski definition) is 2. The van der Waals surface area contributed by atoms with Gasteiger partial charge in [0.1, 0.15) is 5.75 Å². The Morgan fingerprint density at radius 1 is 1.32 bits per heavy atom. The molecule has 0 aliphatic heterocycles. The Kier molecular flexibility index (Phi) is 4.12. The van der Waals surface area contributed by atoms with Crippen molar-refractivity contribution in [1.82, 2.24) is 0 Å². The Hall–Kier alpha value is -1.52. The highest BCUT2D eigenvalue weighted by Crippen LogP contribution is 2.26. The highest BCUT2D eigenvalue weighted by atomic mass is 79.9. The van der Waals surface area contributed by atoms with Gasteiger partial charge < -0.3 is 10.4 Å². The number of anilines is 1. The molecule has 1 amide bonds. The highest BCUT2D eigenvalue weighted by molar-refractivity contribution is 9.10. The predicted octanol–water partition coefficient (Wildman–Crippen LogP) is 4.37. The summed E-state index contributed by atoms with van der Waals surface area (Å²) in [5.74, 6) is -0.130. The summed E-state index contributed by atoms with van der Waals surface area (Å²) in [5.41, 5.74) is 1.65. The van der Waals surface area contributed by atoms with E-state index in [1.54, 1.807) is 43.3 Å². The van der Waals surface area contributed by atoms with Crippen LogP contribution in [-0.2, 0) is 0 Å². The van der Waals surface area contributed by atoms with Crippen molar-refractivity contribution < 1.29 is 9.90 Å². The molecular formula is C14H11BrClNO2. The molecule has 0 aromatic heterocycles. The Morgan fingerprint density at radius 2 is 2.05 bits per heavy atom. The number of carbonyl (C=O) groups excluding carboxylic acids is 1. The van der Waals surface area contributed by atoms with E-state index < -0.39 is 0 Å². The number of amides is 1. The van der Waals surface area contributed by atoms with E-state index >= 15 is 0 Å². The summed E-state index contributed by atoms with van der Waals surface area (Å²) in [6, 6.07) is 9.94. The zero-order valence-corrected chi connectivity index (χ0v) is 12.4. The topological polar surface area (TPSA) is 49.3 Å². The Bertz CT molecular complexity index is 643. The number of nitrogens with one attached hydrogen (secondary N) is 1. The molecule has 0 radical (unpaired) electrons. The minimum absolute atomic E-state index is 0.145. The van der Waals surface area contributed by atoms with Gasteiger partial charge in [-0.25, -0.2) is 0 Å².